The van der Waals surface area contributed by atoms with Crippen LogP contribution in [0, 0.1) is 10.1 Å². The molecule has 0 aromatic heterocycles. The highest BCUT2D eigenvalue weighted by molar-refractivity contribution is 5.97. The van der Waals surface area contributed by atoms with Crippen LogP contribution >= 0.6 is 0 Å². The zero-order chi connectivity index (χ0) is 21.2. The number of benzene rings is 2. The van der Waals surface area contributed by atoms with Crippen LogP contribution in [0.2, 0.25) is 0 Å². The van der Waals surface area contributed by atoms with Crippen molar-refractivity contribution in [1.29, 1.82) is 0 Å². The molecule has 2 amide bonds. The third kappa shape index (κ3) is 7.06. The van der Waals surface area contributed by atoms with Crippen molar-refractivity contribution < 1.29 is 24.0 Å². The van der Waals surface area contributed by atoms with E-state index in [1.165, 1.54) is 25.1 Å². The molecule has 0 saturated heterocycles. The second-order valence-electron chi connectivity index (χ2n) is 6.20. The van der Waals surface area contributed by atoms with Gasteiger partial charge in [0.2, 0.25) is 0 Å². The molecule has 9 nitrogen and oxygen atoms in total. The number of carbonyl (C=O) groups excluding carboxylic acids is 3. The van der Waals surface area contributed by atoms with Gasteiger partial charge in [0, 0.05) is 24.2 Å². The van der Waals surface area contributed by atoms with E-state index in [4.69, 9.17) is 4.74 Å². The third-order valence-corrected chi connectivity index (χ3v) is 3.94. The van der Waals surface area contributed by atoms with Crippen molar-refractivity contribution in [3.05, 3.63) is 75.8 Å². The molecule has 0 aliphatic carbocycles. The Morgan fingerprint density at radius 1 is 1.10 bits per heavy atom. The Balaban J connectivity index is 1.74. The van der Waals surface area contributed by atoms with Gasteiger partial charge in [0.05, 0.1) is 4.92 Å². The number of nitrogens with zero attached hydrogens (tertiary/aromatic N) is 1. The minimum Gasteiger partial charge on any atom is -0.454 e. The van der Waals surface area contributed by atoms with Gasteiger partial charge in [0.15, 0.2) is 6.61 Å². The summed E-state index contributed by atoms with van der Waals surface area (Å²) in [5.41, 5.74) is 0.875. The average molecular weight is 399 g/mol. The molecule has 2 aromatic carbocycles. The van der Waals surface area contributed by atoms with E-state index in [1.54, 1.807) is 0 Å². The van der Waals surface area contributed by atoms with E-state index in [-0.39, 0.29) is 11.3 Å². The molecule has 2 N–H and O–H groups in total. The Hall–Kier alpha value is -3.75. The summed E-state index contributed by atoms with van der Waals surface area (Å²) >= 11 is 0. The van der Waals surface area contributed by atoms with Gasteiger partial charge < -0.3 is 15.4 Å². The van der Waals surface area contributed by atoms with Crippen LogP contribution in [0.25, 0.3) is 0 Å². The number of rotatable bonds is 9. The first-order chi connectivity index (χ1) is 13.9. The highest BCUT2D eigenvalue weighted by Gasteiger charge is 2.20. The minimum atomic E-state index is -1.03. The van der Waals surface area contributed by atoms with E-state index in [2.05, 4.69) is 10.6 Å². The standard InChI is InChI=1S/C20H21N3O6/c1-14(22-19(25)16-8-5-9-17(12-16)23(27)28)20(26)29-13-18(24)21-11-10-15-6-3-2-4-7-15/h2-9,12,14H,10-11,13H2,1H3,(H,21,24)(H,22,25)/t14-/m0/s1. The van der Waals surface area contributed by atoms with Crippen molar-refractivity contribution in [2.75, 3.05) is 13.2 Å². The lowest BCUT2D eigenvalue weighted by Gasteiger charge is -2.13. The van der Waals surface area contributed by atoms with Gasteiger partial charge in [-0.1, -0.05) is 36.4 Å². The average Bonchev–Trinajstić information content (AvgIpc) is 2.72. The summed E-state index contributed by atoms with van der Waals surface area (Å²) in [6, 6.07) is 13.7. The molecule has 0 unspecified atom stereocenters. The number of nitro benzene ring substituents is 1. The van der Waals surface area contributed by atoms with E-state index < -0.39 is 35.4 Å². The van der Waals surface area contributed by atoms with Crippen LogP contribution < -0.4 is 10.6 Å². The molecular formula is C20H21N3O6. The van der Waals surface area contributed by atoms with E-state index in [0.29, 0.717) is 13.0 Å². The predicted molar refractivity (Wildman–Crippen MR) is 104 cm³/mol. The number of non-ortho nitro benzene ring substituents is 1. The summed E-state index contributed by atoms with van der Waals surface area (Å²) < 4.78 is 4.89. The normalized spacial score (nSPS) is 11.2. The molecule has 0 fully saturated rings. The monoisotopic (exact) mass is 399 g/mol. The maximum Gasteiger partial charge on any atom is 0.328 e. The first kappa shape index (κ1) is 21.5. The number of ether oxygens (including phenoxy) is 1. The van der Waals surface area contributed by atoms with Crippen LogP contribution in [0.1, 0.15) is 22.8 Å². The number of esters is 1. The third-order valence-electron chi connectivity index (χ3n) is 3.94. The lowest BCUT2D eigenvalue weighted by atomic mass is 10.1. The quantitative estimate of drug-likeness (QED) is 0.375. The van der Waals surface area contributed by atoms with Crippen LogP contribution in [-0.4, -0.2) is 41.9 Å². The summed E-state index contributed by atoms with van der Waals surface area (Å²) in [4.78, 5) is 46.0. The van der Waals surface area contributed by atoms with Gasteiger partial charge in [-0.2, -0.15) is 0 Å². The van der Waals surface area contributed by atoms with Crippen molar-refractivity contribution >= 4 is 23.5 Å². The van der Waals surface area contributed by atoms with E-state index in [0.717, 1.165) is 11.6 Å². The highest BCUT2D eigenvalue weighted by Crippen LogP contribution is 2.13. The number of hydrogen-bond donors (Lipinski definition) is 2. The fraction of sp³-hybridized carbons (Fsp3) is 0.250. The van der Waals surface area contributed by atoms with Crippen molar-refractivity contribution in [3.8, 4) is 0 Å². The molecule has 0 aliphatic rings. The summed E-state index contributed by atoms with van der Waals surface area (Å²) in [5.74, 6) is -1.90. The molecule has 152 valence electrons. The zero-order valence-electron chi connectivity index (χ0n) is 15.8. The van der Waals surface area contributed by atoms with Gasteiger partial charge in [-0.05, 0) is 25.0 Å². The van der Waals surface area contributed by atoms with Crippen LogP contribution in [0.5, 0.6) is 0 Å². The van der Waals surface area contributed by atoms with Crippen molar-refractivity contribution in [3.63, 3.8) is 0 Å². The molecule has 0 saturated carbocycles. The first-order valence-corrected chi connectivity index (χ1v) is 8.89. The first-order valence-electron chi connectivity index (χ1n) is 8.89. The fourth-order valence-corrected chi connectivity index (χ4v) is 2.40. The van der Waals surface area contributed by atoms with Gasteiger partial charge >= 0.3 is 5.97 Å². The molecule has 9 heteroatoms. The largest absolute Gasteiger partial charge is 0.454 e. The topological polar surface area (TPSA) is 128 Å². The number of carbonyl (C=O) groups is 3. The van der Waals surface area contributed by atoms with Crippen LogP contribution in [0.4, 0.5) is 5.69 Å². The lowest BCUT2D eigenvalue weighted by molar-refractivity contribution is -0.384. The highest BCUT2D eigenvalue weighted by atomic mass is 16.6. The maximum atomic E-state index is 12.1. The minimum absolute atomic E-state index is 0.0394. The van der Waals surface area contributed by atoms with Crippen LogP contribution in [0.15, 0.2) is 54.6 Å². The summed E-state index contributed by atoms with van der Waals surface area (Å²) in [5, 5.41) is 15.8. The molecule has 1 atom stereocenters. The summed E-state index contributed by atoms with van der Waals surface area (Å²) in [7, 11) is 0. The van der Waals surface area contributed by atoms with Gasteiger partial charge in [-0.15, -0.1) is 0 Å². The second-order valence-corrected chi connectivity index (χ2v) is 6.20. The Morgan fingerprint density at radius 2 is 1.83 bits per heavy atom. The predicted octanol–water partition coefficient (Wildman–Crippen LogP) is 1.62. The molecule has 0 radical (unpaired) electrons. The van der Waals surface area contributed by atoms with Gasteiger partial charge in [0.25, 0.3) is 17.5 Å². The Bertz CT molecular complexity index is 885. The molecule has 0 spiro atoms. The van der Waals surface area contributed by atoms with Crippen molar-refractivity contribution in [2.45, 2.75) is 19.4 Å². The zero-order valence-corrected chi connectivity index (χ0v) is 15.8. The Labute approximate surface area is 167 Å². The Morgan fingerprint density at radius 3 is 2.52 bits per heavy atom. The van der Waals surface area contributed by atoms with Gasteiger partial charge in [0.1, 0.15) is 6.04 Å². The summed E-state index contributed by atoms with van der Waals surface area (Å²) in [6.07, 6.45) is 0.649. The molecule has 2 aromatic rings. The molecule has 0 aliphatic heterocycles. The van der Waals surface area contributed by atoms with Crippen molar-refractivity contribution in [1.82, 2.24) is 10.6 Å². The number of amides is 2. The number of hydrogen-bond acceptors (Lipinski definition) is 6. The van der Waals surface area contributed by atoms with E-state index in [9.17, 15) is 24.5 Å². The molecule has 29 heavy (non-hydrogen) atoms. The SMILES string of the molecule is C[C@H](NC(=O)c1cccc([N+](=O)[O-])c1)C(=O)OCC(=O)NCCc1ccccc1. The smallest absolute Gasteiger partial charge is 0.328 e. The van der Waals surface area contributed by atoms with Crippen LogP contribution in [-0.2, 0) is 20.7 Å². The molecular weight excluding hydrogens is 378 g/mol. The molecule has 2 rings (SSSR count). The molecule has 0 heterocycles. The fourth-order valence-electron chi connectivity index (χ4n) is 2.40. The van der Waals surface area contributed by atoms with Gasteiger partial charge in [-0.3, -0.25) is 19.7 Å². The molecule has 0 bridgehead atoms. The van der Waals surface area contributed by atoms with Gasteiger partial charge in [-0.25, -0.2) is 4.79 Å². The summed E-state index contributed by atoms with van der Waals surface area (Å²) in [6.45, 7) is 1.33. The van der Waals surface area contributed by atoms with Crippen LogP contribution in [0.3, 0.4) is 0 Å². The van der Waals surface area contributed by atoms with E-state index in [1.807, 2.05) is 30.3 Å². The number of nitrogens with one attached hydrogen (secondary N) is 2. The van der Waals surface area contributed by atoms with Crippen molar-refractivity contribution in [2.24, 2.45) is 0 Å². The van der Waals surface area contributed by atoms with E-state index >= 15 is 0 Å². The number of nitro groups is 1. The lowest BCUT2D eigenvalue weighted by Crippen LogP contribution is -2.41. The second kappa shape index (κ2) is 10.5. The maximum absolute atomic E-state index is 12.1. The Kier molecular flexibility index (Phi) is 7.84.